The SMILES string of the molecule is O=C(c1ccc2nc[nH]c2c1)N1CCCC1c1ccsc1. The Kier molecular flexibility index (Phi) is 3.00. The Bertz CT molecular complexity index is 778. The van der Waals surface area contributed by atoms with Gasteiger partial charge in [0.05, 0.1) is 23.4 Å². The average Bonchev–Trinajstić information content (AvgIpc) is 3.24. The third-order valence-corrected chi connectivity index (χ3v) is 4.81. The van der Waals surface area contributed by atoms with Crippen molar-refractivity contribution in [1.29, 1.82) is 0 Å². The van der Waals surface area contributed by atoms with Crippen LogP contribution in [0, 0.1) is 0 Å². The number of hydrogen-bond donors (Lipinski definition) is 1. The van der Waals surface area contributed by atoms with Crippen molar-refractivity contribution in [2.24, 2.45) is 0 Å². The highest BCUT2D eigenvalue weighted by atomic mass is 32.1. The van der Waals surface area contributed by atoms with Crippen LogP contribution in [0.1, 0.15) is 34.8 Å². The zero-order chi connectivity index (χ0) is 14.2. The van der Waals surface area contributed by atoms with Gasteiger partial charge < -0.3 is 9.88 Å². The molecule has 1 saturated heterocycles. The van der Waals surface area contributed by atoms with E-state index in [2.05, 4.69) is 26.8 Å². The molecule has 1 N–H and O–H groups in total. The lowest BCUT2D eigenvalue weighted by molar-refractivity contribution is 0.0736. The lowest BCUT2D eigenvalue weighted by Crippen LogP contribution is -2.30. The normalized spacial score (nSPS) is 18.5. The summed E-state index contributed by atoms with van der Waals surface area (Å²) < 4.78 is 0. The second kappa shape index (κ2) is 5.00. The fourth-order valence-electron chi connectivity index (χ4n) is 3.06. The molecular formula is C16H15N3OS. The van der Waals surface area contributed by atoms with E-state index in [-0.39, 0.29) is 11.9 Å². The van der Waals surface area contributed by atoms with E-state index in [1.54, 1.807) is 17.7 Å². The predicted molar refractivity (Wildman–Crippen MR) is 83.4 cm³/mol. The van der Waals surface area contributed by atoms with Crippen LogP contribution < -0.4 is 0 Å². The summed E-state index contributed by atoms with van der Waals surface area (Å²) in [6.45, 7) is 0.834. The smallest absolute Gasteiger partial charge is 0.254 e. The number of thiophene rings is 1. The molecule has 0 bridgehead atoms. The van der Waals surface area contributed by atoms with Gasteiger partial charge in [0.15, 0.2) is 0 Å². The average molecular weight is 297 g/mol. The summed E-state index contributed by atoms with van der Waals surface area (Å²) in [6.07, 6.45) is 3.77. The van der Waals surface area contributed by atoms with E-state index >= 15 is 0 Å². The second-order valence-corrected chi connectivity index (χ2v) is 6.13. The number of aromatic amines is 1. The van der Waals surface area contributed by atoms with E-state index < -0.39 is 0 Å². The number of H-pyrrole nitrogens is 1. The van der Waals surface area contributed by atoms with Crippen LogP contribution in [0.5, 0.6) is 0 Å². The maximum Gasteiger partial charge on any atom is 0.254 e. The lowest BCUT2D eigenvalue weighted by atomic mass is 10.1. The standard InChI is InChI=1S/C16H15N3OS/c20-16(11-3-4-13-14(8-11)18-10-17-13)19-6-1-2-15(19)12-5-7-21-9-12/h3-5,7-10,15H,1-2,6H2,(H,17,18). The summed E-state index contributed by atoms with van der Waals surface area (Å²) in [5.41, 5.74) is 3.79. The van der Waals surface area contributed by atoms with Gasteiger partial charge in [-0.2, -0.15) is 11.3 Å². The van der Waals surface area contributed by atoms with Crippen LogP contribution in [-0.2, 0) is 0 Å². The molecule has 21 heavy (non-hydrogen) atoms. The largest absolute Gasteiger partial charge is 0.345 e. The summed E-state index contributed by atoms with van der Waals surface area (Å²) in [5, 5.41) is 4.22. The van der Waals surface area contributed by atoms with Crippen molar-refractivity contribution in [2.45, 2.75) is 18.9 Å². The first-order chi connectivity index (χ1) is 10.3. The molecule has 0 saturated carbocycles. The number of benzene rings is 1. The quantitative estimate of drug-likeness (QED) is 0.785. The number of aromatic nitrogens is 2. The maximum absolute atomic E-state index is 12.8. The summed E-state index contributed by atoms with van der Waals surface area (Å²) in [4.78, 5) is 22.1. The molecule has 2 aromatic heterocycles. The Labute approximate surface area is 126 Å². The van der Waals surface area contributed by atoms with Gasteiger partial charge in [0.25, 0.3) is 5.91 Å². The van der Waals surface area contributed by atoms with Crippen molar-refractivity contribution in [3.05, 3.63) is 52.5 Å². The molecular weight excluding hydrogens is 282 g/mol. The number of hydrogen-bond acceptors (Lipinski definition) is 3. The van der Waals surface area contributed by atoms with Gasteiger partial charge >= 0.3 is 0 Å². The molecule has 4 nitrogen and oxygen atoms in total. The highest BCUT2D eigenvalue weighted by molar-refractivity contribution is 7.08. The lowest BCUT2D eigenvalue weighted by Gasteiger charge is -2.24. The number of likely N-dealkylation sites (tertiary alicyclic amines) is 1. The predicted octanol–water partition coefficient (Wildman–Crippen LogP) is 3.60. The van der Waals surface area contributed by atoms with Gasteiger partial charge in [-0.15, -0.1) is 0 Å². The molecule has 1 fully saturated rings. The minimum atomic E-state index is 0.111. The Hall–Kier alpha value is -2.14. The van der Waals surface area contributed by atoms with Crippen molar-refractivity contribution in [3.8, 4) is 0 Å². The molecule has 1 aromatic carbocycles. The first-order valence-corrected chi connectivity index (χ1v) is 8.03. The van der Waals surface area contributed by atoms with Crippen LogP contribution in [0.2, 0.25) is 0 Å². The van der Waals surface area contributed by atoms with Crippen LogP contribution in [0.4, 0.5) is 0 Å². The van der Waals surface area contributed by atoms with E-state index in [9.17, 15) is 4.79 Å². The number of carbonyl (C=O) groups excluding carboxylic acids is 1. The highest BCUT2D eigenvalue weighted by Gasteiger charge is 2.30. The third kappa shape index (κ3) is 2.14. The topological polar surface area (TPSA) is 49.0 Å². The molecule has 0 aliphatic carbocycles. The van der Waals surface area contributed by atoms with Crippen LogP contribution in [-0.4, -0.2) is 27.3 Å². The van der Waals surface area contributed by atoms with E-state index in [0.29, 0.717) is 0 Å². The Morgan fingerprint density at radius 3 is 3.19 bits per heavy atom. The first-order valence-electron chi connectivity index (χ1n) is 7.09. The summed E-state index contributed by atoms with van der Waals surface area (Å²) in [7, 11) is 0. The molecule has 3 aromatic rings. The molecule has 0 spiro atoms. The van der Waals surface area contributed by atoms with Crippen LogP contribution >= 0.6 is 11.3 Å². The van der Waals surface area contributed by atoms with Crippen molar-refractivity contribution in [2.75, 3.05) is 6.54 Å². The van der Waals surface area contributed by atoms with Crippen LogP contribution in [0.25, 0.3) is 11.0 Å². The molecule has 0 radical (unpaired) electrons. The van der Waals surface area contributed by atoms with Gasteiger partial charge in [0.2, 0.25) is 0 Å². The highest BCUT2D eigenvalue weighted by Crippen LogP contribution is 2.34. The first kappa shape index (κ1) is 12.6. The molecule has 1 atom stereocenters. The van der Waals surface area contributed by atoms with Gasteiger partial charge in [-0.1, -0.05) is 0 Å². The number of fused-ring (bicyclic) bond motifs is 1. The maximum atomic E-state index is 12.8. The third-order valence-electron chi connectivity index (χ3n) is 4.11. The number of nitrogens with one attached hydrogen (secondary N) is 1. The molecule has 3 heterocycles. The van der Waals surface area contributed by atoms with Crippen LogP contribution in [0.3, 0.4) is 0 Å². The van der Waals surface area contributed by atoms with Gasteiger partial charge in [-0.25, -0.2) is 4.98 Å². The summed E-state index contributed by atoms with van der Waals surface area (Å²) in [5.74, 6) is 0.111. The van der Waals surface area contributed by atoms with Crippen molar-refractivity contribution in [3.63, 3.8) is 0 Å². The summed E-state index contributed by atoms with van der Waals surface area (Å²) >= 11 is 1.69. The molecule has 1 aliphatic rings. The Balaban J connectivity index is 1.66. The fourth-order valence-corrected chi connectivity index (χ4v) is 3.76. The van der Waals surface area contributed by atoms with Gasteiger partial charge in [0, 0.05) is 12.1 Å². The molecule has 1 amide bonds. The minimum Gasteiger partial charge on any atom is -0.345 e. The number of nitrogens with zero attached hydrogens (tertiary/aromatic N) is 2. The van der Waals surface area contributed by atoms with Gasteiger partial charge in [-0.05, 0) is 53.4 Å². The Morgan fingerprint density at radius 1 is 1.38 bits per heavy atom. The number of carbonyl (C=O) groups is 1. The van der Waals surface area contributed by atoms with Crippen molar-refractivity contribution < 1.29 is 4.79 Å². The minimum absolute atomic E-state index is 0.111. The number of imidazole rings is 1. The summed E-state index contributed by atoms with van der Waals surface area (Å²) in [6, 6.07) is 8.01. The molecule has 1 unspecified atom stereocenters. The van der Waals surface area contributed by atoms with E-state index in [1.807, 2.05) is 23.1 Å². The van der Waals surface area contributed by atoms with Crippen molar-refractivity contribution >= 4 is 28.3 Å². The fraction of sp³-hybridized carbons (Fsp3) is 0.250. The van der Waals surface area contributed by atoms with E-state index in [0.717, 1.165) is 36.0 Å². The number of rotatable bonds is 2. The van der Waals surface area contributed by atoms with Gasteiger partial charge in [-0.3, -0.25) is 4.79 Å². The zero-order valence-electron chi connectivity index (χ0n) is 11.5. The Morgan fingerprint density at radius 2 is 2.33 bits per heavy atom. The molecule has 4 rings (SSSR count). The van der Waals surface area contributed by atoms with E-state index in [4.69, 9.17) is 0 Å². The monoisotopic (exact) mass is 297 g/mol. The second-order valence-electron chi connectivity index (χ2n) is 5.35. The molecule has 5 heteroatoms. The number of amides is 1. The zero-order valence-corrected chi connectivity index (χ0v) is 12.3. The molecule has 106 valence electrons. The van der Waals surface area contributed by atoms with E-state index in [1.165, 1.54) is 5.56 Å². The molecule has 1 aliphatic heterocycles. The van der Waals surface area contributed by atoms with Crippen LogP contribution in [0.15, 0.2) is 41.4 Å². The van der Waals surface area contributed by atoms with Crippen molar-refractivity contribution in [1.82, 2.24) is 14.9 Å². The van der Waals surface area contributed by atoms with Gasteiger partial charge in [0.1, 0.15) is 0 Å².